The highest BCUT2D eigenvalue weighted by atomic mass is 35.5. The molecular formula is C11H10Cl2FNO3S. The van der Waals surface area contributed by atoms with Gasteiger partial charge in [0.25, 0.3) is 10.0 Å². The second-order valence-corrected chi connectivity index (χ2v) is 7.61. The van der Waals surface area contributed by atoms with E-state index in [0.717, 1.165) is 12.1 Å². The Kier molecular flexibility index (Phi) is 3.53. The van der Waals surface area contributed by atoms with E-state index < -0.39 is 36.9 Å². The molecule has 0 saturated heterocycles. The Morgan fingerprint density at radius 2 is 2.05 bits per heavy atom. The van der Waals surface area contributed by atoms with Crippen LogP contribution < -0.4 is 4.72 Å². The van der Waals surface area contributed by atoms with E-state index in [9.17, 15) is 17.6 Å². The Morgan fingerprint density at radius 1 is 1.47 bits per heavy atom. The zero-order chi connectivity index (χ0) is 14.4. The van der Waals surface area contributed by atoms with Crippen LogP contribution in [0, 0.1) is 18.7 Å². The summed E-state index contributed by atoms with van der Waals surface area (Å²) in [5.41, 5.74) is 0.575. The molecule has 19 heavy (non-hydrogen) atoms. The third-order valence-electron chi connectivity index (χ3n) is 2.75. The number of alkyl halides is 2. The molecule has 0 aromatic heterocycles. The lowest BCUT2D eigenvalue weighted by Gasteiger charge is -2.08. The smallest absolute Gasteiger partial charge is 0.266 e. The number of aryl methyl sites for hydroxylation is 1. The van der Waals surface area contributed by atoms with Crippen LogP contribution in [0.1, 0.15) is 12.0 Å². The van der Waals surface area contributed by atoms with E-state index in [0.29, 0.717) is 5.56 Å². The number of amides is 1. The van der Waals surface area contributed by atoms with Crippen molar-refractivity contribution in [1.29, 1.82) is 0 Å². The van der Waals surface area contributed by atoms with Crippen molar-refractivity contribution in [2.75, 3.05) is 0 Å². The molecular weight excluding hydrogens is 316 g/mol. The summed E-state index contributed by atoms with van der Waals surface area (Å²) in [5.74, 6) is -2.54. The summed E-state index contributed by atoms with van der Waals surface area (Å²) in [4.78, 5) is 11.0. The summed E-state index contributed by atoms with van der Waals surface area (Å²) in [7, 11) is -4.25. The maximum Gasteiger partial charge on any atom is 0.266 e. The first-order valence-electron chi connectivity index (χ1n) is 5.34. The van der Waals surface area contributed by atoms with E-state index in [1.54, 1.807) is 11.6 Å². The van der Waals surface area contributed by atoms with Crippen molar-refractivity contribution in [2.45, 2.75) is 22.6 Å². The maximum absolute atomic E-state index is 13.6. The normalized spacial score (nSPS) is 20.9. The third-order valence-corrected chi connectivity index (χ3v) is 4.97. The minimum absolute atomic E-state index is 0.174. The molecule has 1 N–H and O–H groups in total. The summed E-state index contributed by atoms with van der Waals surface area (Å²) in [6, 6.07) is 3.61. The van der Waals surface area contributed by atoms with Crippen LogP contribution in [-0.2, 0) is 14.8 Å². The molecule has 0 heterocycles. The van der Waals surface area contributed by atoms with Crippen molar-refractivity contribution in [3.63, 3.8) is 0 Å². The van der Waals surface area contributed by atoms with Crippen LogP contribution in [0.2, 0.25) is 0 Å². The first-order chi connectivity index (χ1) is 8.63. The molecule has 1 fully saturated rings. The lowest BCUT2D eigenvalue weighted by Crippen LogP contribution is -2.33. The van der Waals surface area contributed by atoms with Crippen LogP contribution in [0.4, 0.5) is 4.39 Å². The molecule has 1 atom stereocenters. The Hall–Kier alpha value is -0.850. The summed E-state index contributed by atoms with van der Waals surface area (Å²) in [6.45, 7) is 1.62. The van der Waals surface area contributed by atoms with Crippen molar-refractivity contribution in [3.05, 3.63) is 29.6 Å². The molecule has 8 heteroatoms. The maximum atomic E-state index is 13.6. The van der Waals surface area contributed by atoms with Crippen molar-refractivity contribution in [1.82, 2.24) is 4.72 Å². The van der Waals surface area contributed by atoms with Gasteiger partial charge in [-0.15, -0.1) is 23.2 Å². The Labute approximate surface area is 119 Å². The highest BCUT2D eigenvalue weighted by Gasteiger charge is 2.57. The molecule has 0 radical (unpaired) electrons. The zero-order valence-electron chi connectivity index (χ0n) is 9.78. The number of halogens is 3. The van der Waals surface area contributed by atoms with Crippen LogP contribution in [0.25, 0.3) is 0 Å². The Morgan fingerprint density at radius 3 is 2.53 bits per heavy atom. The van der Waals surface area contributed by atoms with Gasteiger partial charge in [0, 0.05) is 0 Å². The van der Waals surface area contributed by atoms with Crippen LogP contribution in [0.15, 0.2) is 23.1 Å². The molecule has 0 bridgehead atoms. The number of carbonyl (C=O) groups excluding carboxylic acids is 1. The molecule has 1 unspecified atom stereocenters. The lowest BCUT2D eigenvalue weighted by molar-refractivity contribution is -0.120. The monoisotopic (exact) mass is 325 g/mol. The fourth-order valence-corrected chi connectivity index (χ4v) is 3.17. The molecule has 1 aromatic rings. The first-order valence-corrected chi connectivity index (χ1v) is 7.58. The van der Waals surface area contributed by atoms with E-state index in [1.807, 2.05) is 0 Å². The largest absolute Gasteiger partial charge is 0.274 e. The number of nitrogens with one attached hydrogen (secondary N) is 1. The summed E-state index contributed by atoms with van der Waals surface area (Å²) in [5, 5.41) is 0. The second-order valence-electron chi connectivity index (χ2n) is 4.42. The fourth-order valence-electron chi connectivity index (χ4n) is 1.58. The van der Waals surface area contributed by atoms with Gasteiger partial charge in [-0.05, 0) is 31.0 Å². The summed E-state index contributed by atoms with van der Waals surface area (Å²) in [6.07, 6.45) is 0.174. The fraction of sp³-hybridized carbons (Fsp3) is 0.364. The van der Waals surface area contributed by atoms with Crippen molar-refractivity contribution >= 4 is 39.1 Å². The van der Waals surface area contributed by atoms with E-state index in [1.165, 1.54) is 6.07 Å². The van der Waals surface area contributed by atoms with Gasteiger partial charge in [-0.3, -0.25) is 4.79 Å². The van der Waals surface area contributed by atoms with Gasteiger partial charge in [-0.1, -0.05) is 6.07 Å². The molecule has 2 rings (SSSR count). The van der Waals surface area contributed by atoms with Crippen LogP contribution >= 0.6 is 23.2 Å². The van der Waals surface area contributed by atoms with Gasteiger partial charge in [0.15, 0.2) is 0 Å². The van der Waals surface area contributed by atoms with Gasteiger partial charge < -0.3 is 0 Å². The number of hydrogen-bond donors (Lipinski definition) is 1. The molecule has 1 saturated carbocycles. The average molecular weight is 326 g/mol. The van der Waals surface area contributed by atoms with E-state index in [-0.39, 0.29) is 6.42 Å². The topological polar surface area (TPSA) is 63.2 Å². The van der Waals surface area contributed by atoms with Crippen LogP contribution in [0.3, 0.4) is 0 Å². The Bertz CT molecular complexity index is 645. The summed E-state index contributed by atoms with van der Waals surface area (Å²) < 4.78 is 37.8. The predicted octanol–water partition coefficient (Wildman–Crippen LogP) is 2.13. The molecule has 1 aromatic carbocycles. The minimum atomic E-state index is -4.25. The Balaban J connectivity index is 2.21. The van der Waals surface area contributed by atoms with Crippen molar-refractivity contribution in [3.8, 4) is 0 Å². The van der Waals surface area contributed by atoms with E-state index in [4.69, 9.17) is 23.2 Å². The SMILES string of the molecule is Cc1ccc(S(=O)(=O)NC(=O)C2CC2(Cl)Cl)c(F)c1. The molecule has 1 aliphatic rings. The number of benzene rings is 1. The van der Waals surface area contributed by atoms with Gasteiger partial charge in [0.05, 0.1) is 5.92 Å². The molecule has 0 aliphatic heterocycles. The van der Waals surface area contributed by atoms with Crippen LogP contribution in [0.5, 0.6) is 0 Å². The summed E-state index contributed by atoms with van der Waals surface area (Å²) >= 11 is 11.3. The van der Waals surface area contributed by atoms with Crippen molar-refractivity contribution in [2.24, 2.45) is 5.92 Å². The number of hydrogen-bond acceptors (Lipinski definition) is 3. The first kappa shape index (κ1) is 14.6. The highest BCUT2D eigenvalue weighted by molar-refractivity contribution is 7.90. The molecule has 1 amide bonds. The molecule has 1 aliphatic carbocycles. The average Bonchev–Trinajstić information content (AvgIpc) is 2.86. The number of sulfonamides is 1. The standard InChI is InChI=1S/C11H10Cl2FNO3S/c1-6-2-3-9(8(14)4-6)19(17,18)15-10(16)7-5-11(7,12)13/h2-4,7H,5H2,1H3,(H,15,16). The quantitative estimate of drug-likeness (QED) is 0.866. The van der Waals surface area contributed by atoms with E-state index in [2.05, 4.69) is 0 Å². The minimum Gasteiger partial charge on any atom is -0.274 e. The van der Waals surface area contributed by atoms with Gasteiger partial charge in [0.1, 0.15) is 15.0 Å². The molecule has 0 spiro atoms. The van der Waals surface area contributed by atoms with E-state index >= 15 is 0 Å². The predicted molar refractivity (Wildman–Crippen MR) is 69.0 cm³/mol. The van der Waals surface area contributed by atoms with Gasteiger partial charge >= 0.3 is 0 Å². The van der Waals surface area contributed by atoms with Gasteiger partial charge in [0.2, 0.25) is 5.91 Å². The number of carbonyl (C=O) groups is 1. The van der Waals surface area contributed by atoms with Crippen molar-refractivity contribution < 1.29 is 17.6 Å². The zero-order valence-corrected chi connectivity index (χ0v) is 12.1. The van der Waals surface area contributed by atoms with Gasteiger partial charge in [-0.2, -0.15) is 0 Å². The van der Waals surface area contributed by atoms with Crippen LogP contribution in [-0.4, -0.2) is 18.7 Å². The molecule has 4 nitrogen and oxygen atoms in total. The van der Waals surface area contributed by atoms with Gasteiger partial charge in [-0.25, -0.2) is 17.5 Å². The number of rotatable bonds is 3. The third kappa shape index (κ3) is 3.01. The second kappa shape index (κ2) is 4.61. The molecule has 104 valence electrons. The lowest BCUT2D eigenvalue weighted by atomic mass is 10.2. The highest BCUT2D eigenvalue weighted by Crippen LogP contribution is 2.53.